The van der Waals surface area contributed by atoms with Crippen molar-refractivity contribution in [2.45, 2.75) is 32.6 Å². The molecule has 2 rings (SSSR count). The van der Waals surface area contributed by atoms with Crippen LogP contribution in [0.3, 0.4) is 0 Å². The summed E-state index contributed by atoms with van der Waals surface area (Å²) < 4.78 is 3.86. The van der Waals surface area contributed by atoms with E-state index in [1.54, 1.807) is 0 Å². The Morgan fingerprint density at radius 1 is 1.37 bits per heavy atom. The van der Waals surface area contributed by atoms with Crippen molar-refractivity contribution in [1.29, 1.82) is 0 Å². The quantitative estimate of drug-likeness (QED) is 0.659. The zero-order chi connectivity index (χ0) is 14.5. The summed E-state index contributed by atoms with van der Waals surface area (Å²) in [6.45, 7) is 7.09. The van der Waals surface area contributed by atoms with Crippen molar-refractivity contribution in [3.05, 3.63) is 30.0 Å². The van der Waals surface area contributed by atoms with Crippen LogP contribution in [0.5, 0.6) is 0 Å². The predicted octanol–water partition coefficient (Wildman–Crippen LogP) is 3.23. The van der Waals surface area contributed by atoms with E-state index in [1.165, 1.54) is 23.7 Å². The topological polar surface area (TPSA) is 68.1 Å². The number of methoxy groups -OCH3 is 1. The maximum absolute atomic E-state index is 8.95. The van der Waals surface area contributed by atoms with Gasteiger partial charge in [0.15, 0.2) is 0 Å². The maximum atomic E-state index is 8.95. The molecule has 1 heterocycles. The highest BCUT2D eigenvalue weighted by atomic mass is 16.5. The molecule has 0 fully saturated rings. The van der Waals surface area contributed by atoms with Crippen LogP contribution in [0.1, 0.15) is 32.9 Å². The van der Waals surface area contributed by atoms with Gasteiger partial charge in [0.25, 0.3) is 6.47 Å². The van der Waals surface area contributed by atoms with Gasteiger partial charge in [-0.2, -0.15) is 0 Å². The number of nitrogens with one attached hydrogen (secondary N) is 1. The number of rotatable bonds is 3. The number of nitrogens with two attached hydrogens (primary N) is 1. The van der Waals surface area contributed by atoms with Crippen molar-refractivity contribution < 1.29 is 9.53 Å². The lowest BCUT2D eigenvalue weighted by Crippen LogP contribution is -2.15. The van der Waals surface area contributed by atoms with Crippen LogP contribution in [-0.4, -0.2) is 18.6 Å². The summed E-state index contributed by atoms with van der Waals surface area (Å²) in [6, 6.07) is 8.19. The molecule has 0 spiro atoms. The fourth-order valence-electron chi connectivity index (χ4n) is 1.71. The monoisotopic (exact) mass is 262 g/mol. The molecule has 0 unspecified atom stereocenters. The minimum absolute atomic E-state index is 0.202. The predicted molar refractivity (Wildman–Crippen MR) is 79.1 cm³/mol. The number of ether oxygens (including phenoxy) is 1. The molecular formula is C15H22N2O2. The number of hydrogen-bond donors (Lipinski definition) is 2. The second kappa shape index (κ2) is 6.27. The van der Waals surface area contributed by atoms with E-state index in [0.29, 0.717) is 6.47 Å². The van der Waals surface area contributed by atoms with Gasteiger partial charge in [-0.3, -0.25) is 4.79 Å². The minimum atomic E-state index is 0.202. The lowest BCUT2D eigenvalue weighted by Gasteiger charge is -2.20. The first-order chi connectivity index (χ1) is 8.94. The van der Waals surface area contributed by atoms with E-state index in [0.717, 1.165) is 12.1 Å². The van der Waals surface area contributed by atoms with E-state index < -0.39 is 0 Å². The molecule has 0 aliphatic rings. The zero-order valence-electron chi connectivity index (χ0n) is 12.0. The lowest BCUT2D eigenvalue weighted by atomic mass is 9.86. The van der Waals surface area contributed by atoms with E-state index in [9.17, 15) is 0 Å². The number of hydrogen-bond acceptors (Lipinski definition) is 3. The molecule has 104 valence electrons. The zero-order valence-corrected chi connectivity index (χ0v) is 12.0. The summed E-state index contributed by atoms with van der Waals surface area (Å²) in [5.41, 5.74) is 9.23. The van der Waals surface area contributed by atoms with Crippen LogP contribution in [0.15, 0.2) is 24.3 Å². The van der Waals surface area contributed by atoms with Gasteiger partial charge >= 0.3 is 0 Å². The van der Waals surface area contributed by atoms with Gasteiger partial charge in [-0.05, 0) is 30.7 Å². The molecule has 4 heteroatoms. The van der Waals surface area contributed by atoms with Crippen LogP contribution in [-0.2, 0) is 14.9 Å². The highest BCUT2D eigenvalue weighted by Crippen LogP contribution is 2.29. The van der Waals surface area contributed by atoms with Crippen molar-refractivity contribution in [3.8, 4) is 0 Å². The third kappa shape index (κ3) is 3.74. The van der Waals surface area contributed by atoms with Crippen LogP contribution in [0.4, 0.5) is 5.69 Å². The molecule has 0 amide bonds. The number of aromatic nitrogens is 1. The fourth-order valence-corrected chi connectivity index (χ4v) is 1.71. The average molecular weight is 262 g/mol. The highest BCUT2D eigenvalue weighted by Gasteiger charge is 2.19. The number of H-pyrrole nitrogens is 1. The first-order valence-corrected chi connectivity index (χ1v) is 6.29. The highest BCUT2D eigenvalue weighted by molar-refractivity contribution is 5.83. The molecule has 0 aliphatic carbocycles. The number of nitrogen functional groups attached to an aromatic ring is 1. The Labute approximate surface area is 113 Å². The summed E-state index contributed by atoms with van der Waals surface area (Å²) in [7, 11) is 1.31. The molecule has 2 aromatic rings. The Morgan fingerprint density at radius 2 is 2.00 bits per heavy atom. The molecule has 0 saturated carbocycles. The number of fused-ring (bicyclic) bond motifs is 1. The molecule has 0 aliphatic heterocycles. The van der Waals surface area contributed by atoms with Gasteiger partial charge in [0.2, 0.25) is 0 Å². The standard InChI is InChI=1S/C13H18N2.C2H4O2/c1-4-13(2,3)12-8-9-7-10(14)5-6-11(9)15-12;1-4-2-3/h5-8,15H,4,14H2,1-3H3;2H,1H3. The number of anilines is 1. The largest absolute Gasteiger partial charge is 0.471 e. The molecule has 4 nitrogen and oxygen atoms in total. The van der Waals surface area contributed by atoms with Gasteiger partial charge in [0.1, 0.15) is 0 Å². The fraction of sp³-hybridized carbons (Fsp3) is 0.400. The van der Waals surface area contributed by atoms with Gasteiger partial charge in [-0.15, -0.1) is 0 Å². The first-order valence-electron chi connectivity index (χ1n) is 6.29. The van der Waals surface area contributed by atoms with E-state index in [2.05, 4.69) is 36.6 Å². The summed E-state index contributed by atoms with van der Waals surface area (Å²) in [5, 5.41) is 1.20. The average Bonchev–Trinajstić information content (AvgIpc) is 2.82. The molecule has 0 radical (unpaired) electrons. The van der Waals surface area contributed by atoms with Crippen LogP contribution in [0.25, 0.3) is 10.9 Å². The summed E-state index contributed by atoms with van der Waals surface area (Å²) in [6.07, 6.45) is 1.12. The lowest BCUT2D eigenvalue weighted by molar-refractivity contribution is -0.126. The Bertz CT molecular complexity index is 544. The van der Waals surface area contributed by atoms with E-state index in [-0.39, 0.29) is 5.41 Å². The van der Waals surface area contributed by atoms with E-state index in [1.807, 2.05) is 18.2 Å². The van der Waals surface area contributed by atoms with E-state index in [4.69, 9.17) is 10.5 Å². The first kappa shape index (κ1) is 15.1. The van der Waals surface area contributed by atoms with Crippen molar-refractivity contribution in [3.63, 3.8) is 0 Å². The Morgan fingerprint density at radius 3 is 2.53 bits per heavy atom. The second-order valence-corrected chi connectivity index (χ2v) is 5.10. The van der Waals surface area contributed by atoms with Gasteiger partial charge in [-0.25, -0.2) is 0 Å². The normalized spacial score (nSPS) is 10.7. The van der Waals surface area contributed by atoms with Crippen molar-refractivity contribution in [1.82, 2.24) is 4.98 Å². The Hall–Kier alpha value is -1.97. The van der Waals surface area contributed by atoms with Crippen LogP contribution < -0.4 is 5.73 Å². The third-order valence-electron chi connectivity index (χ3n) is 3.35. The molecule has 19 heavy (non-hydrogen) atoms. The molecule has 0 bridgehead atoms. The van der Waals surface area contributed by atoms with Crippen molar-refractivity contribution in [2.24, 2.45) is 0 Å². The smallest absolute Gasteiger partial charge is 0.292 e. The van der Waals surface area contributed by atoms with E-state index >= 15 is 0 Å². The molecule has 0 saturated heterocycles. The maximum Gasteiger partial charge on any atom is 0.292 e. The number of aromatic amines is 1. The Balaban J connectivity index is 0.000000399. The number of benzene rings is 1. The van der Waals surface area contributed by atoms with Gasteiger partial charge < -0.3 is 15.5 Å². The molecule has 3 N–H and O–H groups in total. The van der Waals surface area contributed by atoms with Crippen molar-refractivity contribution >= 4 is 23.1 Å². The second-order valence-electron chi connectivity index (χ2n) is 5.10. The van der Waals surface area contributed by atoms with Crippen LogP contribution in [0.2, 0.25) is 0 Å². The van der Waals surface area contributed by atoms with Gasteiger partial charge in [-0.1, -0.05) is 20.8 Å². The SMILES string of the molecule is CCC(C)(C)c1cc2cc(N)ccc2[nH]1.COC=O. The molecule has 0 atom stereocenters. The van der Waals surface area contributed by atoms with Crippen molar-refractivity contribution in [2.75, 3.05) is 12.8 Å². The molecule has 1 aromatic carbocycles. The third-order valence-corrected chi connectivity index (χ3v) is 3.35. The van der Waals surface area contributed by atoms with Gasteiger partial charge in [0, 0.05) is 27.7 Å². The van der Waals surface area contributed by atoms with Crippen LogP contribution in [0, 0.1) is 0 Å². The summed E-state index contributed by atoms with van der Waals surface area (Å²) >= 11 is 0. The Kier molecular flexibility index (Phi) is 4.98. The number of carbonyl (C=O) groups is 1. The molecule has 1 aromatic heterocycles. The number of carbonyl (C=O) groups excluding carboxylic acids is 1. The summed E-state index contributed by atoms with van der Waals surface area (Å²) in [5.74, 6) is 0. The van der Waals surface area contributed by atoms with Gasteiger partial charge in [0.05, 0.1) is 7.11 Å². The molecular weight excluding hydrogens is 240 g/mol. The minimum Gasteiger partial charge on any atom is -0.471 e. The van der Waals surface area contributed by atoms with Crippen LogP contribution >= 0.6 is 0 Å². The summed E-state index contributed by atoms with van der Waals surface area (Å²) in [4.78, 5) is 12.4.